The number of hydrogen-bond acceptors (Lipinski definition) is 6. The van der Waals surface area contributed by atoms with E-state index in [0.29, 0.717) is 5.06 Å². The molecular weight excluding hydrogens is 364 g/mol. The first-order chi connectivity index (χ1) is 12.9. The highest BCUT2D eigenvalue weighted by Gasteiger charge is 2.41. The van der Waals surface area contributed by atoms with E-state index in [4.69, 9.17) is 9.57 Å². The monoisotopic (exact) mass is 390 g/mol. The second-order valence-electron chi connectivity index (χ2n) is 8.07. The Morgan fingerprint density at radius 2 is 1.50 bits per heavy atom. The van der Waals surface area contributed by atoms with Crippen LogP contribution < -0.4 is 5.32 Å². The normalized spacial score (nSPS) is 15.9. The Bertz CT molecular complexity index is 761. The topological polar surface area (TPSA) is 102 Å². The summed E-state index contributed by atoms with van der Waals surface area (Å²) < 4.78 is 5.21. The molecule has 0 spiro atoms. The van der Waals surface area contributed by atoms with Gasteiger partial charge in [0.1, 0.15) is 5.60 Å². The van der Waals surface area contributed by atoms with Gasteiger partial charge in [-0.2, -0.15) is 0 Å². The molecule has 0 saturated carbocycles. The summed E-state index contributed by atoms with van der Waals surface area (Å²) in [6.07, 6.45) is -0.667. The van der Waals surface area contributed by atoms with Gasteiger partial charge in [-0.1, -0.05) is 31.0 Å². The van der Waals surface area contributed by atoms with E-state index in [9.17, 15) is 19.2 Å². The number of fused-ring (bicyclic) bond motifs is 1. The van der Waals surface area contributed by atoms with E-state index in [1.165, 1.54) is 12.1 Å². The standard InChI is InChI=1S/C20H26N2O6/c1-11(2)15(12(3)21-19(26)27-20(4,5)6)18(25)28-22-16(23)13-9-7-8-10-14(13)17(22)24/h7-12,15H,1-6H3,(H,21,26). The van der Waals surface area contributed by atoms with Crippen molar-refractivity contribution in [2.24, 2.45) is 11.8 Å². The molecule has 1 aliphatic rings. The molecule has 28 heavy (non-hydrogen) atoms. The molecule has 2 rings (SSSR count). The Kier molecular flexibility index (Phi) is 6.11. The quantitative estimate of drug-likeness (QED) is 0.776. The van der Waals surface area contributed by atoms with Crippen molar-refractivity contribution >= 4 is 23.9 Å². The Morgan fingerprint density at radius 3 is 1.93 bits per heavy atom. The Labute approximate surface area is 164 Å². The fourth-order valence-corrected chi connectivity index (χ4v) is 3.04. The molecule has 1 N–H and O–H groups in total. The van der Waals surface area contributed by atoms with Crippen LogP contribution in [0.15, 0.2) is 24.3 Å². The van der Waals surface area contributed by atoms with Gasteiger partial charge in [0.2, 0.25) is 0 Å². The molecule has 2 unspecified atom stereocenters. The lowest BCUT2D eigenvalue weighted by atomic mass is 9.89. The minimum atomic E-state index is -0.795. The number of carbonyl (C=O) groups is 4. The van der Waals surface area contributed by atoms with E-state index in [2.05, 4.69) is 5.32 Å². The Balaban J connectivity index is 2.10. The molecule has 0 radical (unpaired) electrons. The van der Waals surface area contributed by atoms with Crippen molar-refractivity contribution in [1.82, 2.24) is 10.4 Å². The summed E-state index contributed by atoms with van der Waals surface area (Å²) in [5.41, 5.74) is -0.319. The molecule has 8 nitrogen and oxygen atoms in total. The molecule has 1 aromatic rings. The van der Waals surface area contributed by atoms with Crippen LogP contribution in [-0.2, 0) is 14.4 Å². The molecule has 8 heteroatoms. The number of amides is 3. The molecule has 0 fully saturated rings. The molecule has 3 amide bonds. The SMILES string of the molecule is CC(C)C(C(=O)ON1C(=O)c2ccccc2C1=O)C(C)NC(=O)OC(C)(C)C. The number of alkyl carbamates (subject to hydrolysis) is 1. The summed E-state index contributed by atoms with van der Waals surface area (Å²) >= 11 is 0. The predicted molar refractivity (Wildman–Crippen MR) is 100 cm³/mol. The zero-order valence-corrected chi connectivity index (χ0v) is 16.9. The van der Waals surface area contributed by atoms with E-state index < -0.39 is 41.4 Å². The number of hydroxylamine groups is 2. The lowest BCUT2D eigenvalue weighted by Gasteiger charge is -2.28. The van der Waals surface area contributed by atoms with E-state index in [-0.39, 0.29) is 17.0 Å². The van der Waals surface area contributed by atoms with Gasteiger partial charge in [0, 0.05) is 6.04 Å². The summed E-state index contributed by atoms with van der Waals surface area (Å²) in [7, 11) is 0. The summed E-state index contributed by atoms with van der Waals surface area (Å²) in [5, 5.41) is 3.09. The van der Waals surface area contributed by atoms with Crippen LogP contribution in [0.4, 0.5) is 4.79 Å². The van der Waals surface area contributed by atoms with Crippen LogP contribution in [0.2, 0.25) is 0 Å². The van der Waals surface area contributed by atoms with Crippen molar-refractivity contribution in [3.63, 3.8) is 0 Å². The number of nitrogens with zero attached hydrogens (tertiary/aromatic N) is 1. The van der Waals surface area contributed by atoms with Crippen LogP contribution in [0.25, 0.3) is 0 Å². The van der Waals surface area contributed by atoms with E-state index in [0.717, 1.165) is 0 Å². The summed E-state index contributed by atoms with van der Waals surface area (Å²) in [4.78, 5) is 54.6. The highest BCUT2D eigenvalue weighted by Crippen LogP contribution is 2.25. The molecule has 1 aliphatic heterocycles. The van der Waals surface area contributed by atoms with E-state index >= 15 is 0 Å². The Morgan fingerprint density at radius 1 is 1.00 bits per heavy atom. The third kappa shape index (κ3) is 4.68. The van der Waals surface area contributed by atoms with Gasteiger partial charge in [-0.15, -0.1) is 0 Å². The summed E-state index contributed by atoms with van der Waals surface area (Å²) in [6, 6.07) is 5.60. The van der Waals surface area contributed by atoms with Crippen molar-refractivity contribution < 1.29 is 28.8 Å². The molecule has 1 heterocycles. The minimum absolute atomic E-state index is 0.182. The van der Waals surface area contributed by atoms with E-state index in [1.54, 1.807) is 53.7 Å². The van der Waals surface area contributed by atoms with Gasteiger partial charge in [-0.25, -0.2) is 9.59 Å². The summed E-state index contributed by atoms with van der Waals surface area (Å²) in [6.45, 7) is 10.4. The molecule has 0 aromatic heterocycles. The highest BCUT2D eigenvalue weighted by atomic mass is 16.7. The van der Waals surface area contributed by atoms with Crippen molar-refractivity contribution in [3.8, 4) is 0 Å². The van der Waals surface area contributed by atoms with E-state index in [1.807, 2.05) is 0 Å². The maximum absolute atomic E-state index is 12.7. The largest absolute Gasteiger partial charge is 0.444 e. The Hall–Kier alpha value is -2.90. The third-order valence-corrected chi connectivity index (χ3v) is 4.21. The molecule has 152 valence electrons. The van der Waals surface area contributed by atoms with Crippen LogP contribution in [0.3, 0.4) is 0 Å². The number of ether oxygens (including phenoxy) is 1. The zero-order valence-electron chi connectivity index (χ0n) is 16.9. The second-order valence-corrected chi connectivity index (χ2v) is 8.07. The predicted octanol–water partition coefficient (Wildman–Crippen LogP) is 2.93. The number of nitrogens with one attached hydrogen (secondary N) is 1. The van der Waals surface area contributed by atoms with Crippen LogP contribution in [0, 0.1) is 11.8 Å². The van der Waals surface area contributed by atoms with Crippen LogP contribution >= 0.6 is 0 Å². The first-order valence-electron chi connectivity index (χ1n) is 9.11. The summed E-state index contributed by atoms with van der Waals surface area (Å²) in [5.74, 6) is -3.19. The molecule has 0 saturated heterocycles. The maximum Gasteiger partial charge on any atom is 0.407 e. The first-order valence-corrected chi connectivity index (χ1v) is 9.11. The van der Waals surface area contributed by atoms with Crippen molar-refractivity contribution in [1.29, 1.82) is 0 Å². The van der Waals surface area contributed by atoms with Gasteiger partial charge in [-0.3, -0.25) is 9.59 Å². The number of hydrogen-bond donors (Lipinski definition) is 1. The van der Waals surface area contributed by atoms with Gasteiger partial charge < -0.3 is 14.9 Å². The van der Waals surface area contributed by atoms with Gasteiger partial charge in [0.25, 0.3) is 11.8 Å². The molecule has 0 aliphatic carbocycles. The smallest absolute Gasteiger partial charge is 0.407 e. The van der Waals surface area contributed by atoms with Gasteiger partial charge >= 0.3 is 12.1 Å². The maximum atomic E-state index is 12.7. The number of benzene rings is 1. The number of rotatable bonds is 5. The number of carbonyl (C=O) groups excluding carboxylic acids is 4. The zero-order chi connectivity index (χ0) is 21.2. The molecule has 2 atom stereocenters. The fourth-order valence-electron chi connectivity index (χ4n) is 3.04. The number of imide groups is 1. The van der Waals surface area contributed by atoms with Gasteiger partial charge in [0.05, 0.1) is 17.0 Å². The third-order valence-electron chi connectivity index (χ3n) is 4.21. The van der Waals surface area contributed by atoms with Gasteiger partial charge in [-0.05, 0) is 45.7 Å². The lowest BCUT2D eigenvalue weighted by Crippen LogP contribution is -2.47. The minimum Gasteiger partial charge on any atom is -0.444 e. The lowest BCUT2D eigenvalue weighted by molar-refractivity contribution is -0.176. The second kappa shape index (κ2) is 8.00. The molecular formula is C20H26N2O6. The molecule has 0 bridgehead atoms. The highest BCUT2D eigenvalue weighted by molar-refractivity contribution is 6.20. The molecule has 1 aromatic carbocycles. The van der Waals surface area contributed by atoms with Crippen molar-refractivity contribution in [2.75, 3.05) is 0 Å². The van der Waals surface area contributed by atoms with Gasteiger partial charge in [0.15, 0.2) is 0 Å². The van der Waals surface area contributed by atoms with Crippen molar-refractivity contribution in [2.45, 2.75) is 53.2 Å². The fraction of sp³-hybridized carbons (Fsp3) is 0.500. The van der Waals surface area contributed by atoms with Crippen LogP contribution in [0.5, 0.6) is 0 Å². The van der Waals surface area contributed by atoms with Crippen LogP contribution in [-0.4, -0.2) is 40.6 Å². The first kappa shape index (κ1) is 21.4. The van der Waals surface area contributed by atoms with Crippen molar-refractivity contribution in [3.05, 3.63) is 35.4 Å². The average Bonchev–Trinajstić information content (AvgIpc) is 2.78. The van der Waals surface area contributed by atoms with Crippen LogP contribution in [0.1, 0.15) is 62.3 Å². The average molecular weight is 390 g/mol.